The van der Waals surface area contributed by atoms with E-state index in [2.05, 4.69) is 136 Å². The number of halogens is 2. The van der Waals surface area contributed by atoms with E-state index < -0.39 is 25.8 Å². The van der Waals surface area contributed by atoms with Crippen LogP contribution in [0.4, 0.5) is 0 Å². The Bertz CT molecular complexity index is 1550. The minimum Gasteiger partial charge on any atom is -1.00 e. The third kappa shape index (κ3) is 6.90. The summed E-state index contributed by atoms with van der Waals surface area (Å²) in [6.45, 7) is 10.1. The Kier molecular flexibility index (Phi) is 12.7. The molecule has 0 heterocycles. The topological polar surface area (TPSA) is 0 Å². The fraction of sp³-hybridized carbons (Fsp3) is 0.300. The van der Waals surface area contributed by atoms with Crippen molar-refractivity contribution in [2.24, 2.45) is 0 Å². The van der Waals surface area contributed by atoms with E-state index in [-0.39, 0.29) is 24.8 Å². The SMILES string of the molecule is CCCCC1=Cc2c(-c3ccccc3)cccc2[CH]1[Zr+2]([CH]1C(CCCC)=Cc2c(-c3ccccc3)cccc21)=[Si](C)C.[Cl-].[Cl-]. The summed E-state index contributed by atoms with van der Waals surface area (Å²) in [7, 11) is 0. The molecule has 2 aliphatic rings. The van der Waals surface area contributed by atoms with Crippen LogP contribution in [0.1, 0.15) is 81.9 Å². The Morgan fingerprint density at radius 1 is 0.545 bits per heavy atom. The number of hydrogen-bond donors (Lipinski definition) is 0. The Labute approximate surface area is 286 Å². The molecule has 226 valence electrons. The summed E-state index contributed by atoms with van der Waals surface area (Å²) in [4.78, 5) is 0. The van der Waals surface area contributed by atoms with Crippen molar-refractivity contribution in [1.82, 2.24) is 0 Å². The molecule has 4 aromatic rings. The molecule has 0 nitrogen and oxygen atoms in total. The van der Waals surface area contributed by atoms with Crippen molar-refractivity contribution < 1.29 is 45.2 Å². The molecule has 0 bridgehead atoms. The maximum absolute atomic E-state index is 2.67. The molecule has 2 aliphatic carbocycles. The molecule has 2 unspecified atom stereocenters. The summed E-state index contributed by atoms with van der Waals surface area (Å²) < 4.78 is 1.37. The largest absolute Gasteiger partial charge is 1.00 e. The molecule has 0 saturated heterocycles. The molecule has 4 heteroatoms. The van der Waals surface area contributed by atoms with E-state index in [9.17, 15) is 0 Å². The number of rotatable bonds is 10. The standard InChI is InChI=1S/2C19H19.C2H6Si.2ClH.Zr/c2*1-2-3-8-15-13-17-11-7-12-18(19(17)14-15)16-9-5-4-6-10-16;1-3-2;;;/h2*4-7,9-14H,2-3,8H2,1H3;1-2H3;2*1H;/q;;;;;+2/p-2. The van der Waals surface area contributed by atoms with Crippen LogP contribution in [0.25, 0.3) is 34.4 Å². The van der Waals surface area contributed by atoms with E-state index in [1.807, 2.05) is 0 Å². The molecule has 0 fully saturated rings. The second-order valence-electron chi connectivity index (χ2n) is 12.3. The number of benzene rings is 4. The second kappa shape index (κ2) is 16.0. The average Bonchev–Trinajstić information content (AvgIpc) is 3.58. The zero-order valence-electron chi connectivity index (χ0n) is 26.5. The average molecular weight is 715 g/mol. The van der Waals surface area contributed by atoms with Crippen molar-refractivity contribution >= 4 is 17.6 Å². The molecule has 6 rings (SSSR count). The van der Waals surface area contributed by atoms with Crippen LogP contribution in [-0.2, 0) is 20.4 Å². The number of unbranched alkanes of at least 4 members (excludes halogenated alkanes) is 2. The maximum atomic E-state index is 2.67. The van der Waals surface area contributed by atoms with Gasteiger partial charge < -0.3 is 24.8 Å². The zero-order chi connectivity index (χ0) is 29.1. The third-order valence-electron chi connectivity index (χ3n) is 9.31. The fourth-order valence-electron chi connectivity index (χ4n) is 7.34. The van der Waals surface area contributed by atoms with Gasteiger partial charge in [0, 0.05) is 0 Å². The first-order chi connectivity index (χ1) is 20.6. The smallest absolute Gasteiger partial charge is 1.00 e. The molecule has 2 atom stereocenters. The van der Waals surface area contributed by atoms with Gasteiger partial charge in [0.1, 0.15) is 0 Å². The Morgan fingerprint density at radius 3 is 1.32 bits per heavy atom. The van der Waals surface area contributed by atoms with Gasteiger partial charge in [-0.15, -0.1) is 0 Å². The van der Waals surface area contributed by atoms with Crippen LogP contribution in [0.2, 0.25) is 13.1 Å². The fourth-order valence-corrected chi connectivity index (χ4v) is 27.8. The quantitative estimate of drug-likeness (QED) is 0.181. The monoisotopic (exact) mass is 712 g/mol. The molecule has 0 spiro atoms. The van der Waals surface area contributed by atoms with Crippen molar-refractivity contribution in [3.05, 3.63) is 130 Å². The van der Waals surface area contributed by atoms with Gasteiger partial charge in [-0.25, -0.2) is 0 Å². The van der Waals surface area contributed by atoms with Crippen molar-refractivity contribution in [3.8, 4) is 22.3 Å². The molecular formula is C40H44Cl2SiZr. The molecule has 0 aliphatic heterocycles. The van der Waals surface area contributed by atoms with E-state index in [4.69, 9.17) is 0 Å². The summed E-state index contributed by atoms with van der Waals surface area (Å²) in [5.41, 5.74) is 15.0. The third-order valence-corrected chi connectivity index (χ3v) is 28.8. The van der Waals surface area contributed by atoms with Gasteiger partial charge >= 0.3 is 263 Å². The first kappa shape index (κ1) is 34.9. The summed E-state index contributed by atoms with van der Waals surface area (Å²) in [6.07, 6.45) is 12.9. The van der Waals surface area contributed by atoms with Gasteiger partial charge in [0.15, 0.2) is 0 Å². The summed E-state index contributed by atoms with van der Waals surface area (Å²) in [6, 6.07) is 36.7. The Morgan fingerprint density at radius 2 is 0.955 bits per heavy atom. The van der Waals surface area contributed by atoms with Gasteiger partial charge in [-0.1, -0.05) is 0 Å². The summed E-state index contributed by atoms with van der Waals surface area (Å²) in [5, 5.41) is 0. The van der Waals surface area contributed by atoms with Crippen LogP contribution in [0.15, 0.2) is 108 Å². The normalized spacial score (nSPS) is 16.0. The van der Waals surface area contributed by atoms with Gasteiger partial charge in [0.25, 0.3) is 0 Å². The molecule has 0 N–H and O–H groups in total. The van der Waals surface area contributed by atoms with Crippen LogP contribution in [0.3, 0.4) is 0 Å². The van der Waals surface area contributed by atoms with E-state index in [1.165, 1.54) is 71.9 Å². The number of fused-ring (bicyclic) bond motifs is 2. The van der Waals surface area contributed by atoms with Gasteiger partial charge in [-0.05, 0) is 0 Å². The maximum Gasteiger partial charge on any atom is -1.00 e. The number of allylic oxidation sites excluding steroid dienone is 2. The predicted octanol–water partition coefficient (Wildman–Crippen LogP) is 5.85. The molecule has 0 amide bonds. The molecule has 0 aromatic heterocycles. The van der Waals surface area contributed by atoms with E-state index in [0.717, 1.165) is 0 Å². The molecule has 4 aromatic carbocycles. The molecule has 44 heavy (non-hydrogen) atoms. The summed E-state index contributed by atoms with van der Waals surface area (Å²) >= 11 is -2.17. The van der Waals surface area contributed by atoms with Crippen LogP contribution >= 0.6 is 0 Å². The van der Waals surface area contributed by atoms with E-state index in [1.54, 1.807) is 22.3 Å². The van der Waals surface area contributed by atoms with E-state index in [0.29, 0.717) is 7.25 Å². The van der Waals surface area contributed by atoms with Crippen LogP contribution < -0.4 is 24.8 Å². The first-order valence-corrected chi connectivity index (χ1v) is 25.1. The van der Waals surface area contributed by atoms with Gasteiger partial charge in [-0.2, -0.15) is 0 Å². The van der Waals surface area contributed by atoms with Gasteiger partial charge in [0.2, 0.25) is 0 Å². The zero-order valence-corrected chi connectivity index (χ0v) is 31.5. The first-order valence-electron chi connectivity index (χ1n) is 16.1. The molecule has 0 radical (unpaired) electrons. The molecular weight excluding hydrogens is 671 g/mol. The summed E-state index contributed by atoms with van der Waals surface area (Å²) in [5.74, 6) is 0. The molecule has 0 saturated carbocycles. The van der Waals surface area contributed by atoms with Crippen LogP contribution in [0.5, 0.6) is 0 Å². The second-order valence-corrected chi connectivity index (χ2v) is 30.2. The Hall–Kier alpha value is -1.96. The van der Waals surface area contributed by atoms with Crippen molar-refractivity contribution in [3.63, 3.8) is 0 Å². The van der Waals surface area contributed by atoms with Crippen molar-refractivity contribution in [2.45, 2.75) is 72.7 Å². The van der Waals surface area contributed by atoms with Gasteiger partial charge in [0.05, 0.1) is 0 Å². The van der Waals surface area contributed by atoms with Crippen LogP contribution in [-0.4, -0.2) is 5.43 Å². The van der Waals surface area contributed by atoms with Gasteiger partial charge in [-0.3, -0.25) is 0 Å². The minimum absolute atomic E-state index is 0. The van der Waals surface area contributed by atoms with Crippen molar-refractivity contribution in [2.75, 3.05) is 0 Å². The number of hydrogen-bond acceptors (Lipinski definition) is 0. The minimum atomic E-state index is -2.17. The van der Waals surface area contributed by atoms with Crippen LogP contribution in [0, 0.1) is 0 Å². The van der Waals surface area contributed by atoms with E-state index >= 15 is 0 Å². The predicted molar refractivity (Wildman–Crippen MR) is 182 cm³/mol. The Balaban J connectivity index is 0.00000221. The van der Waals surface area contributed by atoms with Crippen molar-refractivity contribution in [1.29, 1.82) is 0 Å².